The average molecular weight is 241 g/mol. The molecule has 1 saturated heterocycles. The van der Waals surface area contributed by atoms with E-state index in [4.69, 9.17) is 0 Å². The third kappa shape index (κ3) is 4.23. The third-order valence-electron chi connectivity index (χ3n) is 4.15. The van der Waals surface area contributed by atoms with Gasteiger partial charge in [-0.15, -0.1) is 0 Å². The van der Waals surface area contributed by atoms with Gasteiger partial charge in [-0.25, -0.2) is 0 Å². The van der Waals surface area contributed by atoms with Crippen LogP contribution in [0.15, 0.2) is 0 Å². The minimum Gasteiger partial charge on any atom is -0.318 e. The first-order chi connectivity index (χ1) is 8.10. The lowest BCUT2D eigenvalue weighted by Gasteiger charge is -2.35. The molecule has 3 heteroatoms. The van der Waals surface area contributed by atoms with Crippen LogP contribution in [-0.2, 0) is 0 Å². The summed E-state index contributed by atoms with van der Waals surface area (Å²) in [6, 6.07) is 1.43. The van der Waals surface area contributed by atoms with E-state index in [0.29, 0.717) is 12.0 Å². The molecule has 0 bridgehead atoms. The van der Waals surface area contributed by atoms with E-state index in [1.165, 1.54) is 32.5 Å². The molecule has 1 heterocycles. The van der Waals surface area contributed by atoms with Gasteiger partial charge in [0, 0.05) is 25.2 Å². The molecule has 1 fully saturated rings. The van der Waals surface area contributed by atoms with Crippen LogP contribution in [0.25, 0.3) is 0 Å². The number of likely N-dealkylation sites (tertiary alicyclic amines) is 1. The van der Waals surface area contributed by atoms with Crippen molar-refractivity contribution >= 4 is 0 Å². The highest BCUT2D eigenvalue weighted by atomic mass is 15.2. The molecule has 2 unspecified atom stereocenters. The molecule has 0 aliphatic carbocycles. The van der Waals surface area contributed by atoms with Crippen molar-refractivity contribution in [2.45, 2.75) is 45.7 Å². The molecule has 0 spiro atoms. The van der Waals surface area contributed by atoms with Crippen molar-refractivity contribution in [2.75, 3.05) is 40.3 Å². The Bertz CT molecular complexity index is 206. The first-order valence-corrected chi connectivity index (χ1v) is 7.19. The first-order valence-electron chi connectivity index (χ1n) is 7.19. The van der Waals surface area contributed by atoms with Gasteiger partial charge in [0.1, 0.15) is 0 Å². The van der Waals surface area contributed by atoms with Crippen LogP contribution in [0.2, 0.25) is 0 Å². The Kier molecular flexibility index (Phi) is 6.45. The molecule has 0 aromatic heterocycles. The second-order valence-corrected chi connectivity index (χ2v) is 5.73. The smallest absolute Gasteiger partial charge is 0.0241 e. The van der Waals surface area contributed by atoms with Gasteiger partial charge in [0.2, 0.25) is 0 Å². The van der Waals surface area contributed by atoms with E-state index in [0.717, 1.165) is 12.6 Å². The minimum absolute atomic E-state index is 0.652. The Balaban J connectivity index is 2.47. The van der Waals surface area contributed by atoms with E-state index in [2.05, 4.69) is 50.0 Å². The zero-order valence-electron chi connectivity index (χ0n) is 12.4. The molecular weight excluding hydrogens is 210 g/mol. The fraction of sp³-hybridized carbons (Fsp3) is 1.00. The summed E-state index contributed by atoms with van der Waals surface area (Å²) in [6.45, 7) is 11.7. The van der Waals surface area contributed by atoms with E-state index in [9.17, 15) is 0 Å². The van der Waals surface area contributed by atoms with Crippen molar-refractivity contribution in [3.63, 3.8) is 0 Å². The van der Waals surface area contributed by atoms with Crippen molar-refractivity contribution in [1.29, 1.82) is 0 Å². The Hall–Kier alpha value is -0.120. The van der Waals surface area contributed by atoms with Crippen LogP contribution in [0, 0.1) is 5.92 Å². The van der Waals surface area contributed by atoms with E-state index in [-0.39, 0.29) is 0 Å². The van der Waals surface area contributed by atoms with Crippen LogP contribution in [0.3, 0.4) is 0 Å². The predicted molar refractivity (Wildman–Crippen MR) is 75.5 cm³/mol. The van der Waals surface area contributed by atoms with Crippen LogP contribution in [0.1, 0.15) is 33.6 Å². The van der Waals surface area contributed by atoms with Gasteiger partial charge in [0.25, 0.3) is 0 Å². The standard InChI is InChI=1S/C14H31N3/c1-6-17-9-7-8-13(17)11-16(5)14(10-15-4)12(2)3/h12-15H,6-11H2,1-5H3. The predicted octanol–water partition coefficient (Wildman–Crippen LogP) is 1.65. The Morgan fingerprint density at radius 2 is 2.12 bits per heavy atom. The summed E-state index contributed by atoms with van der Waals surface area (Å²) in [5.41, 5.74) is 0. The maximum absolute atomic E-state index is 3.32. The molecule has 102 valence electrons. The molecule has 0 aromatic rings. The Morgan fingerprint density at radius 1 is 1.41 bits per heavy atom. The van der Waals surface area contributed by atoms with Crippen molar-refractivity contribution < 1.29 is 0 Å². The van der Waals surface area contributed by atoms with Crippen LogP contribution >= 0.6 is 0 Å². The van der Waals surface area contributed by atoms with Gasteiger partial charge in [-0.3, -0.25) is 4.90 Å². The summed E-state index contributed by atoms with van der Waals surface area (Å²) < 4.78 is 0. The normalized spacial score (nSPS) is 23.8. The van der Waals surface area contributed by atoms with Gasteiger partial charge in [-0.05, 0) is 45.9 Å². The highest BCUT2D eigenvalue weighted by molar-refractivity contribution is 4.84. The van der Waals surface area contributed by atoms with Crippen LogP contribution < -0.4 is 5.32 Å². The Morgan fingerprint density at radius 3 is 2.65 bits per heavy atom. The van der Waals surface area contributed by atoms with Gasteiger partial charge < -0.3 is 10.2 Å². The molecular formula is C14H31N3. The fourth-order valence-corrected chi connectivity index (χ4v) is 3.10. The second kappa shape index (κ2) is 7.34. The lowest BCUT2D eigenvalue weighted by Crippen LogP contribution is -2.48. The molecule has 0 amide bonds. The van der Waals surface area contributed by atoms with Crippen molar-refractivity contribution in [3.05, 3.63) is 0 Å². The number of nitrogens with zero attached hydrogens (tertiary/aromatic N) is 2. The fourth-order valence-electron chi connectivity index (χ4n) is 3.10. The molecule has 0 aromatic carbocycles. The monoisotopic (exact) mass is 241 g/mol. The SMILES string of the molecule is CCN1CCCC1CN(C)C(CNC)C(C)C. The topological polar surface area (TPSA) is 18.5 Å². The van der Waals surface area contributed by atoms with Gasteiger partial charge in [0.15, 0.2) is 0 Å². The van der Waals surface area contributed by atoms with E-state index in [1.807, 2.05) is 0 Å². The summed E-state index contributed by atoms with van der Waals surface area (Å²) in [5, 5.41) is 3.32. The summed E-state index contributed by atoms with van der Waals surface area (Å²) in [5.74, 6) is 0.712. The van der Waals surface area contributed by atoms with Crippen LogP contribution in [0.4, 0.5) is 0 Å². The van der Waals surface area contributed by atoms with Crippen molar-refractivity contribution in [3.8, 4) is 0 Å². The number of likely N-dealkylation sites (N-methyl/N-ethyl adjacent to an activating group) is 3. The zero-order chi connectivity index (χ0) is 12.8. The number of rotatable bonds is 7. The van der Waals surface area contributed by atoms with Gasteiger partial charge in [-0.2, -0.15) is 0 Å². The quantitative estimate of drug-likeness (QED) is 0.731. The highest BCUT2D eigenvalue weighted by Crippen LogP contribution is 2.19. The summed E-state index contributed by atoms with van der Waals surface area (Å²) in [4.78, 5) is 5.19. The van der Waals surface area contributed by atoms with E-state index in [1.54, 1.807) is 0 Å². The maximum Gasteiger partial charge on any atom is 0.0241 e. The van der Waals surface area contributed by atoms with Crippen molar-refractivity contribution in [2.24, 2.45) is 5.92 Å². The largest absolute Gasteiger partial charge is 0.318 e. The minimum atomic E-state index is 0.652. The Labute approximate surface area is 108 Å². The van der Waals surface area contributed by atoms with Gasteiger partial charge in [0.05, 0.1) is 0 Å². The van der Waals surface area contributed by atoms with Gasteiger partial charge >= 0.3 is 0 Å². The second-order valence-electron chi connectivity index (χ2n) is 5.73. The highest BCUT2D eigenvalue weighted by Gasteiger charge is 2.27. The summed E-state index contributed by atoms with van der Waals surface area (Å²) in [6.07, 6.45) is 2.76. The van der Waals surface area contributed by atoms with Crippen LogP contribution in [0.5, 0.6) is 0 Å². The molecule has 1 aliphatic heterocycles. The third-order valence-corrected chi connectivity index (χ3v) is 4.15. The number of nitrogens with one attached hydrogen (secondary N) is 1. The van der Waals surface area contributed by atoms with Gasteiger partial charge in [-0.1, -0.05) is 20.8 Å². The number of hydrogen-bond donors (Lipinski definition) is 1. The zero-order valence-corrected chi connectivity index (χ0v) is 12.4. The summed E-state index contributed by atoms with van der Waals surface area (Å²) >= 11 is 0. The van der Waals surface area contributed by atoms with Crippen molar-refractivity contribution in [1.82, 2.24) is 15.1 Å². The molecule has 0 saturated carbocycles. The summed E-state index contributed by atoms with van der Waals surface area (Å²) in [7, 11) is 4.34. The first kappa shape index (κ1) is 14.9. The van der Waals surface area contributed by atoms with E-state index >= 15 is 0 Å². The number of hydrogen-bond acceptors (Lipinski definition) is 3. The molecule has 0 radical (unpaired) electrons. The molecule has 1 rings (SSSR count). The molecule has 17 heavy (non-hydrogen) atoms. The molecule has 1 N–H and O–H groups in total. The van der Waals surface area contributed by atoms with Crippen LogP contribution in [-0.4, -0.2) is 62.2 Å². The van der Waals surface area contributed by atoms with E-state index < -0.39 is 0 Å². The lowest BCUT2D eigenvalue weighted by molar-refractivity contribution is 0.137. The average Bonchev–Trinajstić information content (AvgIpc) is 2.72. The maximum atomic E-state index is 3.32. The molecule has 2 atom stereocenters. The lowest BCUT2D eigenvalue weighted by atomic mass is 10.0. The molecule has 1 aliphatic rings. The molecule has 3 nitrogen and oxygen atoms in total.